The first kappa shape index (κ1) is 16.1. The van der Waals surface area contributed by atoms with Gasteiger partial charge in [-0.1, -0.05) is 58.6 Å². The molecule has 21 heavy (non-hydrogen) atoms. The number of aryl methyl sites for hydroxylation is 1. The number of allylic oxidation sites excluding steroid dienone is 5. The maximum Gasteiger partial charge on any atom is 0.101 e. The highest BCUT2D eigenvalue weighted by Gasteiger charge is 2.16. The third kappa shape index (κ3) is 4.59. The van der Waals surface area contributed by atoms with Crippen LogP contribution in [0.1, 0.15) is 12.0 Å². The largest absolute Gasteiger partial charge is 0.330 e. The van der Waals surface area contributed by atoms with Crippen LogP contribution in [0, 0.1) is 12.8 Å². The molecule has 0 amide bonds. The number of nitrogens with one attached hydrogen (secondary N) is 1. The topological polar surface area (TPSA) is 50.9 Å². The van der Waals surface area contributed by atoms with Gasteiger partial charge in [0, 0.05) is 27.7 Å². The molecular formula is C16H18BrN3S. The molecule has 1 aliphatic rings. The maximum absolute atomic E-state index is 5.46. The van der Waals surface area contributed by atoms with Crippen molar-refractivity contribution in [2.24, 2.45) is 11.8 Å². The van der Waals surface area contributed by atoms with Gasteiger partial charge < -0.3 is 5.43 Å². The third-order valence-electron chi connectivity index (χ3n) is 3.13. The Morgan fingerprint density at radius 3 is 2.95 bits per heavy atom. The minimum atomic E-state index is 0.281. The van der Waals surface area contributed by atoms with Gasteiger partial charge in [-0.2, -0.15) is 0 Å². The number of thioether (sulfide) groups is 1. The van der Waals surface area contributed by atoms with E-state index >= 15 is 0 Å². The summed E-state index contributed by atoms with van der Waals surface area (Å²) in [7, 11) is 0. The Labute approximate surface area is 138 Å². The van der Waals surface area contributed by atoms with E-state index in [0.29, 0.717) is 0 Å². The minimum Gasteiger partial charge on any atom is -0.330 e. The molecule has 2 rings (SSSR count). The monoisotopic (exact) mass is 363 g/mol. The van der Waals surface area contributed by atoms with Crippen molar-refractivity contribution in [2.75, 3.05) is 0 Å². The van der Waals surface area contributed by atoms with E-state index in [1.165, 1.54) is 0 Å². The van der Waals surface area contributed by atoms with Gasteiger partial charge in [-0.3, -0.25) is 5.84 Å². The molecule has 0 bridgehead atoms. The van der Waals surface area contributed by atoms with Crippen molar-refractivity contribution in [1.29, 1.82) is 0 Å². The predicted octanol–water partition coefficient (Wildman–Crippen LogP) is 4.20. The number of nitrogens with zero attached hydrogens (tertiary/aromatic N) is 1. The van der Waals surface area contributed by atoms with Crippen LogP contribution in [0.2, 0.25) is 0 Å². The van der Waals surface area contributed by atoms with Crippen molar-refractivity contribution in [3.8, 4) is 0 Å². The molecule has 3 N–H and O–H groups in total. The number of rotatable bonds is 5. The number of halogens is 1. The summed E-state index contributed by atoms with van der Waals surface area (Å²) in [5, 5.41) is 0.930. The fraction of sp³-hybridized carbons (Fsp3) is 0.188. The molecule has 1 aromatic rings. The molecule has 0 fully saturated rings. The van der Waals surface area contributed by atoms with Crippen LogP contribution in [-0.2, 0) is 0 Å². The lowest BCUT2D eigenvalue weighted by atomic mass is 9.93. The molecule has 0 aliphatic heterocycles. The second kappa shape index (κ2) is 7.64. The van der Waals surface area contributed by atoms with Crippen molar-refractivity contribution in [1.82, 2.24) is 10.4 Å². The van der Waals surface area contributed by atoms with Crippen LogP contribution in [0.3, 0.4) is 0 Å². The summed E-state index contributed by atoms with van der Waals surface area (Å²) in [5.41, 5.74) is 4.79. The quantitative estimate of drug-likeness (QED) is 0.356. The van der Waals surface area contributed by atoms with Crippen molar-refractivity contribution < 1.29 is 0 Å². The van der Waals surface area contributed by atoms with Gasteiger partial charge in [-0.05, 0) is 30.5 Å². The summed E-state index contributed by atoms with van der Waals surface area (Å²) < 4.78 is 1.11. The zero-order valence-electron chi connectivity index (χ0n) is 11.8. The molecule has 0 saturated carbocycles. The van der Waals surface area contributed by atoms with Crippen LogP contribution in [0.25, 0.3) is 0 Å². The lowest BCUT2D eigenvalue weighted by molar-refractivity contribution is 0.782. The molecule has 110 valence electrons. The normalized spacial score (nSPS) is 18.3. The van der Waals surface area contributed by atoms with E-state index in [0.717, 1.165) is 32.0 Å². The van der Waals surface area contributed by atoms with E-state index in [-0.39, 0.29) is 5.92 Å². The maximum atomic E-state index is 5.46. The molecule has 0 saturated heterocycles. The van der Waals surface area contributed by atoms with Crippen LogP contribution in [0.15, 0.2) is 69.3 Å². The van der Waals surface area contributed by atoms with Crippen molar-refractivity contribution in [2.45, 2.75) is 18.4 Å². The highest BCUT2D eigenvalue weighted by Crippen LogP contribution is 2.36. The number of hydrogen-bond acceptors (Lipinski definition) is 4. The molecule has 0 radical (unpaired) electrons. The van der Waals surface area contributed by atoms with Gasteiger partial charge in [0.05, 0.1) is 0 Å². The Morgan fingerprint density at radius 1 is 1.57 bits per heavy atom. The fourth-order valence-electron chi connectivity index (χ4n) is 1.93. The van der Waals surface area contributed by atoms with E-state index < -0.39 is 0 Å². The summed E-state index contributed by atoms with van der Waals surface area (Å²) in [4.78, 5) is 5.41. The highest BCUT2D eigenvalue weighted by atomic mass is 79.9. The zero-order chi connectivity index (χ0) is 15.2. The molecule has 1 aliphatic carbocycles. The Kier molecular flexibility index (Phi) is 5.85. The molecule has 1 atom stereocenters. The van der Waals surface area contributed by atoms with Crippen LogP contribution in [0.4, 0.5) is 0 Å². The lowest BCUT2D eigenvalue weighted by Crippen LogP contribution is -2.15. The van der Waals surface area contributed by atoms with E-state index in [1.807, 2.05) is 25.3 Å². The molecule has 0 spiro atoms. The SMILES string of the molecule is C=C(/C(=C\NN)Sc1ccc(C)cn1)C1C=CC(Br)=CC1. The Balaban J connectivity index is 2.12. The average molecular weight is 364 g/mol. The van der Waals surface area contributed by atoms with Crippen LogP contribution in [0.5, 0.6) is 0 Å². The van der Waals surface area contributed by atoms with Gasteiger partial charge in [0.15, 0.2) is 0 Å². The molecule has 1 aromatic heterocycles. The van der Waals surface area contributed by atoms with Gasteiger partial charge in [0.2, 0.25) is 0 Å². The van der Waals surface area contributed by atoms with Crippen LogP contribution < -0.4 is 11.3 Å². The number of hydrazine groups is 1. The number of nitrogens with two attached hydrogens (primary N) is 1. The second-order valence-corrected chi connectivity index (χ2v) is 6.74. The van der Waals surface area contributed by atoms with Crippen molar-refractivity contribution >= 4 is 27.7 Å². The first-order valence-corrected chi connectivity index (χ1v) is 8.21. The van der Waals surface area contributed by atoms with Crippen LogP contribution in [-0.4, -0.2) is 4.98 Å². The summed E-state index contributed by atoms with van der Waals surface area (Å²) in [6.45, 7) is 6.25. The summed E-state index contributed by atoms with van der Waals surface area (Å²) >= 11 is 5.04. The van der Waals surface area contributed by atoms with Crippen molar-refractivity contribution in [3.63, 3.8) is 0 Å². The molecular weight excluding hydrogens is 346 g/mol. The van der Waals surface area contributed by atoms with Crippen LogP contribution >= 0.6 is 27.7 Å². The molecule has 1 heterocycles. The molecule has 5 heteroatoms. The number of aromatic nitrogens is 1. The minimum absolute atomic E-state index is 0.281. The van der Waals surface area contributed by atoms with Gasteiger partial charge in [-0.25, -0.2) is 4.98 Å². The number of pyridine rings is 1. The summed E-state index contributed by atoms with van der Waals surface area (Å²) in [6.07, 6.45) is 10.9. The second-order valence-electron chi connectivity index (χ2n) is 4.77. The lowest BCUT2D eigenvalue weighted by Gasteiger charge is -2.19. The highest BCUT2D eigenvalue weighted by molar-refractivity contribution is 9.11. The Bertz CT molecular complexity index is 602. The van der Waals surface area contributed by atoms with E-state index in [2.05, 4.69) is 51.1 Å². The van der Waals surface area contributed by atoms with Gasteiger partial charge >= 0.3 is 0 Å². The standard InChI is InChI=1S/C16H18BrN3S/c1-11-3-8-16(19-9-11)21-15(10-20-18)12(2)13-4-6-14(17)7-5-13/h3-4,6-10,13,20H,2,5,18H2,1H3/b15-10+. The zero-order valence-corrected chi connectivity index (χ0v) is 14.2. The average Bonchev–Trinajstić information content (AvgIpc) is 2.49. The fourth-order valence-corrected chi connectivity index (χ4v) is 3.14. The molecule has 0 aromatic carbocycles. The Hall–Kier alpha value is -1.30. The summed E-state index contributed by atoms with van der Waals surface area (Å²) in [5.74, 6) is 5.74. The summed E-state index contributed by atoms with van der Waals surface area (Å²) in [6, 6.07) is 4.05. The predicted molar refractivity (Wildman–Crippen MR) is 93.6 cm³/mol. The van der Waals surface area contributed by atoms with E-state index in [1.54, 1.807) is 18.0 Å². The Morgan fingerprint density at radius 2 is 2.38 bits per heavy atom. The van der Waals surface area contributed by atoms with Gasteiger partial charge in [0.25, 0.3) is 0 Å². The third-order valence-corrected chi connectivity index (χ3v) is 4.77. The van der Waals surface area contributed by atoms with Gasteiger partial charge in [-0.15, -0.1) is 0 Å². The molecule has 3 nitrogen and oxygen atoms in total. The first-order chi connectivity index (χ1) is 10.1. The smallest absolute Gasteiger partial charge is 0.101 e. The number of hydrogen-bond donors (Lipinski definition) is 2. The van der Waals surface area contributed by atoms with Crippen molar-refractivity contribution in [3.05, 3.63) is 69.9 Å². The van der Waals surface area contributed by atoms with Gasteiger partial charge in [0.1, 0.15) is 5.03 Å². The van der Waals surface area contributed by atoms with E-state index in [9.17, 15) is 0 Å². The first-order valence-electron chi connectivity index (χ1n) is 6.60. The molecule has 1 unspecified atom stereocenters. The van der Waals surface area contributed by atoms with E-state index in [4.69, 9.17) is 5.84 Å².